The number of nitrogens with zero attached hydrogens (tertiary/aromatic N) is 1. The number of anilines is 1. The molecule has 1 fully saturated rings. The molecular formula is C12H17ClN2. The largest absolute Gasteiger partial charge is 0.380 e. The SMILES string of the molecule is Cc1cnc(Cl)c(NC2CCCC2C)c1. The van der Waals surface area contributed by atoms with Gasteiger partial charge in [0.25, 0.3) is 0 Å². The zero-order valence-corrected chi connectivity index (χ0v) is 10.0. The first-order chi connectivity index (χ1) is 7.16. The minimum absolute atomic E-state index is 0.561. The molecule has 0 aliphatic heterocycles. The van der Waals surface area contributed by atoms with Crippen LogP contribution in [0.4, 0.5) is 5.69 Å². The highest BCUT2D eigenvalue weighted by Gasteiger charge is 2.23. The standard InChI is InChI=1S/C12H17ClN2/c1-8-6-11(12(13)14-7-8)15-10-5-3-4-9(10)2/h6-7,9-10,15H,3-5H2,1-2H3. The molecule has 1 aliphatic carbocycles. The minimum Gasteiger partial charge on any atom is -0.380 e. The fraction of sp³-hybridized carbons (Fsp3) is 0.583. The molecule has 0 radical (unpaired) electrons. The Kier molecular flexibility index (Phi) is 3.15. The molecule has 2 nitrogen and oxygen atoms in total. The van der Waals surface area contributed by atoms with Gasteiger partial charge >= 0.3 is 0 Å². The van der Waals surface area contributed by atoms with Crippen LogP contribution >= 0.6 is 11.6 Å². The smallest absolute Gasteiger partial charge is 0.152 e. The van der Waals surface area contributed by atoms with Crippen LogP contribution in [0.25, 0.3) is 0 Å². The molecule has 0 spiro atoms. The van der Waals surface area contributed by atoms with Crippen molar-refractivity contribution in [2.24, 2.45) is 5.92 Å². The molecule has 82 valence electrons. The van der Waals surface area contributed by atoms with E-state index in [0.717, 1.165) is 17.2 Å². The predicted molar refractivity (Wildman–Crippen MR) is 64.4 cm³/mol. The first kappa shape index (κ1) is 10.7. The second kappa shape index (κ2) is 4.40. The number of pyridine rings is 1. The van der Waals surface area contributed by atoms with Crippen LogP contribution in [-0.2, 0) is 0 Å². The van der Waals surface area contributed by atoms with Gasteiger partial charge in [-0.3, -0.25) is 0 Å². The number of aryl methyl sites for hydroxylation is 1. The maximum absolute atomic E-state index is 6.05. The van der Waals surface area contributed by atoms with E-state index in [9.17, 15) is 0 Å². The van der Waals surface area contributed by atoms with Crippen molar-refractivity contribution in [3.63, 3.8) is 0 Å². The molecular weight excluding hydrogens is 208 g/mol. The minimum atomic E-state index is 0.561. The molecule has 1 N–H and O–H groups in total. The lowest BCUT2D eigenvalue weighted by Crippen LogP contribution is -2.22. The molecule has 1 heterocycles. The molecule has 15 heavy (non-hydrogen) atoms. The number of aromatic nitrogens is 1. The number of hydrogen-bond donors (Lipinski definition) is 1. The third-order valence-electron chi connectivity index (χ3n) is 3.18. The molecule has 0 saturated heterocycles. The van der Waals surface area contributed by atoms with Crippen molar-refractivity contribution in [3.8, 4) is 0 Å². The van der Waals surface area contributed by atoms with E-state index < -0.39 is 0 Å². The molecule has 2 atom stereocenters. The monoisotopic (exact) mass is 224 g/mol. The quantitative estimate of drug-likeness (QED) is 0.776. The second-order valence-electron chi connectivity index (χ2n) is 4.51. The van der Waals surface area contributed by atoms with Crippen LogP contribution in [-0.4, -0.2) is 11.0 Å². The third kappa shape index (κ3) is 2.43. The van der Waals surface area contributed by atoms with Crippen molar-refractivity contribution < 1.29 is 0 Å². The van der Waals surface area contributed by atoms with Crippen molar-refractivity contribution in [2.45, 2.75) is 39.2 Å². The number of halogens is 1. The van der Waals surface area contributed by atoms with E-state index >= 15 is 0 Å². The highest BCUT2D eigenvalue weighted by molar-refractivity contribution is 6.31. The van der Waals surface area contributed by atoms with E-state index in [0.29, 0.717) is 11.2 Å². The zero-order valence-electron chi connectivity index (χ0n) is 9.26. The van der Waals surface area contributed by atoms with Gasteiger partial charge in [0.15, 0.2) is 5.15 Å². The van der Waals surface area contributed by atoms with Crippen molar-refractivity contribution in [1.82, 2.24) is 4.98 Å². The fourth-order valence-corrected chi connectivity index (χ4v) is 2.37. The van der Waals surface area contributed by atoms with E-state index in [-0.39, 0.29) is 0 Å². The number of rotatable bonds is 2. The lowest BCUT2D eigenvalue weighted by Gasteiger charge is -2.19. The summed E-state index contributed by atoms with van der Waals surface area (Å²) in [6, 6.07) is 2.63. The van der Waals surface area contributed by atoms with Gasteiger partial charge in [-0.2, -0.15) is 0 Å². The summed E-state index contributed by atoms with van der Waals surface area (Å²) in [6.07, 6.45) is 5.67. The predicted octanol–water partition coefficient (Wildman–Crippen LogP) is 3.64. The summed E-state index contributed by atoms with van der Waals surface area (Å²) in [5.41, 5.74) is 2.13. The maximum atomic E-state index is 6.05. The lowest BCUT2D eigenvalue weighted by molar-refractivity contribution is 0.556. The molecule has 1 aromatic rings. The van der Waals surface area contributed by atoms with Gasteiger partial charge in [-0.25, -0.2) is 4.98 Å². The Morgan fingerprint density at radius 2 is 2.27 bits per heavy atom. The highest BCUT2D eigenvalue weighted by atomic mass is 35.5. The normalized spacial score (nSPS) is 25.5. The summed E-state index contributed by atoms with van der Waals surface area (Å²) in [5, 5.41) is 4.09. The first-order valence-electron chi connectivity index (χ1n) is 5.55. The average Bonchev–Trinajstić information content (AvgIpc) is 2.58. The van der Waals surface area contributed by atoms with Gasteiger partial charge in [-0.1, -0.05) is 24.9 Å². The summed E-state index contributed by atoms with van der Waals surface area (Å²) in [4.78, 5) is 4.15. The van der Waals surface area contributed by atoms with E-state index in [1.807, 2.05) is 6.92 Å². The van der Waals surface area contributed by atoms with E-state index in [1.54, 1.807) is 6.20 Å². The third-order valence-corrected chi connectivity index (χ3v) is 3.48. The Bertz CT molecular complexity index is 351. The van der Waals surface area contributed by atoms with E-state index in [2.05, 4.69) is 23.3 Å². The molecule has 0 amide bonds. The summed E-state index contributed by atoms with van der Waals surface area (Å²) in [7, 11) is 0. The van der Waals surface area contributed by atoms with Crippen LogP contribution in [0, 0.1) is 12.8 Å². The Morgan fingerprint density at radius 1 is 1.47 bits per heavy atom. The van der Waals surface area contributed by atoms with Crippen LogP contribution in [0.5, 0.6) is 0 Å². The molecule has 1 aliphatic rings. The maximum Gasteiger partial charge on any atom is 0.152 e. The number of hydrogen-bond acceptors (Lipinski definition) is 2. The zero-order chi connectivity index (χ0) is 10.8. The van der Waals surface area contributed by atoms with Crippen LogP contribution in [0.3, 0.4) is 0 Å². The van der Waals surface area contributed by atoms with Crippen LogP contribution in [0.15, 0.2) is 12.3 Å². The topological polar surface area (TPSA) is 24.9 Å². The van der Waals surface area contributed by atoms with Crippen LogP contribution in [0.1, 0.15) is 31.7 Å². The van der Waals surface area contributed by atoms with Crippen molar-refractivity contribution >= 4 is 17.3 Å². The molecule has 2 unspecified atom stereocenters. The Hall–Kier alpha value is -0.760. The molecule has 1 aromatic heterocycles. The van der Waals surface area contributed by atoms with Gasteiger partial charge in [0.2, 0.25) is 0 Å². The Labute approximate surface area is 96.1 Å². The average molecular weight is 225 g/mol. The molecule has 3 heteroatoms. The first-order valence-corrected chi connectivity index (χ1v) is 5.93. The van der Waals surface area contributed by atoms with Crippen molar-refractivity contribution in [2.75, 3.05) is 5.32 Å². The molecule has 1 saturated carbocycles. The van der Waals surface area contributed by atoms with Gasteiger partial charge in [-0.15, -0.1) is 0 Å². The van der Waals surface area contributed by atoms with Gasteiger partial charge < -0.3 is 5.32 Å². The second-order valence-corrected chi connectivity index (χ2v) is 4.87. The van der Waals surface area contributed by atoms with Gasteiger partial charge in [-0.05, 0) is 37.3 Å². The summed E-state index contributed by atoms with van der Waals surface area (Å²) in [5.74, 6) is 0.738. The van der Waals surface area contributed by atoms with Gasteiger partial charge in [0.1, 0.15) is 0 Å². The summed E-state index contributed by atoms with van der Waals surface area (Å²) >= 11 is 6.05. The van der Waals surface area contributed by atoms with Gasteiger partial charge in [0, 0.05) is 12.2 Å². The van der Waals surface area contributed by atoms with E-state index in [4.69, 9.17) is 11.6 Å². The molecule has 0 bridgehead atoms. The Balaban J connectivity index is 2.12. The Morgan fingerprint density at radius 3 is 2.93 bits per heavy atom. The van der Waals surface area contributed by atoms with Crippen LogP contribution in [0.2, 0.25) is 5.15 Å². The fourth-order valence-electron chi connectivity index (χ4n) is 2.21. The van der Waals surface area contributed by atoms with E-state index in [1.165, 1.54) is 19.3 Å². The van der Waals surface area contributed by atoms with Crippen molar-refractivity contribution in [1.29, 1.82) is 0 Å². The van der Waals surface area contributed by atoms with Crippen molar-refractivity contribution in [3.05, 3.63) is 23.0 Å². The summed E-state index contributed by atoms with van der Waals surface area (Å²) < 4.78 is 0. The molecule has 2 rings (SSSR count). The highest BCUT2D eigenvalue weighted by Crippen LogP contribution is 2.30. The summed E-state index contributed by atoms with van der Waals surface area (Å²) in [6.45, 7) is 4.33. The van der Waals surface area contributed by atoms with Gasteiger partial charge in [0.05, 0.1) is 5.69 Å². The van der Waals surface area contributed by atoms with Crippen LogP contribution < -0.4 is 5.32 Å². The lowest BCUT2D eigenvalue weighted by atomic mass is 10.1. The number of nitrogens with one attached hydrogen (secondary N) is 1. The molecule has 0 aromatic carbocycles.